The Labute approximate surface area is 198 Å². The van der Waals surface area contributed by atoms with Crippen LogP contribution in [0.25, 0.3) is 0 Å². The molecule has 0 spiro atoms. The van der Waals surface area contributed by atoms with Gasteiger partial charge in [0.1, 0.15) is 11.6 Å². The maximum Gasteiger partial charge on any atom is 0.264 e. The lowest BCUT2D eigenvalue weighted by atomic mass is 9.82. The number of likely N-dealkylation sites (N-methyl/N-ethyl adjacent to an activating group) is 1. The minimum atomic E-state index is -0.292. The molecule has 1 unspecified atom stereocenters. The number of fused-ring (bicyclic) bond motifs is 1. The predicted octanol–water partition coefficient (Wildman–Crippen LogP) is 3.60. The summed E-state index contributed by atoms with van der Waals surface area (Å²) in [5, 5.41) is 3.05. The molecule has 0 saturated heterocycles. The van der Waals surface area contributed by atoms with Gasteiger partial charge in [-0.15, -0.1) is 0 Å². The molecule has 1 saturated carbocycles. The molecule has 2 amide bonds. The molecule has 2 aromatic rings. The number of hydrogen-bond donors (Lipinski definition) is 1. The van der Waals surface area contributed by atoms with E-state index < -0.39 is 0 Å². The average molecular weight is 461 g/mol. The van der Waals surface area contributed by atoms with Crippen LogP contribution in [0.4, 0.5) is 11.4 Å². The van der Waals surface area contributed by atoms with Crippen LogP contribution in [0, 0.1) is 31.1 Å². The van der Waals surface area contributed by atoms with E-state index in [0.29, 0.717) is 35.3 Å². The first-order valence-corrected chi connectivity index (χ1v) is 11.5. The first kappa shape index (κ1) is 22.1. The Bertz CT molecular complexity index is 1210. The monoisotopic (exact) mass is 460 g/mol. The van der Waals surface area contributed by atoms with Crippen LogP contribution in [-0.4, -0.2) is 42.0 Å². The number of aryl methyl sites for hydroxylation is 2. The summed E-state index contributed by atoms with van der Waals surface area (Å²) in [6.45, 7) is 4.16. The number of hydrogen-bond acceptors (Lipinski definition) is 6. The number of nitrogens with zero attached hydrogens (tertiary/aromatic N) is 3. The first-order valence-electron chi connectivity index (χ1n) is 11.5. The largest absolute Gasteiger partial charge is 0.489 e. The summed E-state index contributed by atoms with van der Waals surface area (Å²) >= 11 is 0. The van der Waals surface area contributed by atoms with Gasteiger partial charge in [0.2, 0.25) is 5.91 Å². The summed E-state index contributed by atoms with van der Waals surface area (Å²) in [4.78, 5) is 35.3. The molecule has 1 fully saturated rings. The molecule has 34 heavy (non-hydrogen) atoms. The van der Waals surface area contributed by atoms with Crippen LogP contribution < -0.4 is 19.7 Å². The molecule has 8 heteroatoms. The van der Waals surface area contributed by atoms with Crippen LogP contribution in [0.15, 0.2) is 48.7 Å². The number of carbonyl (C=O) groups is 2. The van der Waals surface area contributed by atoms with E-state index in [4.69, 9.17) is 9.47 Å². The summed E-state index contributed by atoms with van der Waals surface area (Å²) in [6, 6.07) is 5.36. The normalized spacial score (nSPS) is 24.9. The van der Waals surface area contributed by atoms with Gasteiger partial charge in [-0.05, 0) is 44.7 Å². The van der Waals surface area contributed by atoms with Gasteiger partial charge >= 0.3 is 0 Å². The number of benzene rings is 1. The van der Waals surface area contributed by atoms with Gasteiger partial charge in [-0.2, -0.15) is 0 Å². The van der Waals surface area contributed by atoms with Crippen LogP contribution in [0.3, 0.4) is 0 Å². The number of amides is 2. The Kier molecular flexibility index (Phi) is 5.59. The number of rotatable bonds is 6. The van der Waals surface area contributed by atoms with Crippen molar-refractivity contribution in [3.8, 4) is 11.5 Å². The highest BCUT2D eigenvalue weighted by Gasteiger charge is 2.62. The van der Waals surface area contributed by atoms with Crippen molar-refractivity contribution in [2.45, 2.75) is 26.7 Å². The van der Waals surface area contributed by atoms with Gasteiger partial charge < -0.3 is 19.7 Å². The van der Waals surface area contributed by atoms with Crippen molar-refractivity contribution in [3.05, 3.63) is 60.2 Å². The van der Waals surface area contributed by atoms with E-state index in [-0.39, 0.29) is 35.7 Å². The smallest absolute Gasteiger partial charge is 0.264 e. The van der Waals surface area contributed by atoms with Crippen molar-refractivity contribution in [1.29, 1.82) is 0 Å². The highest BCUT2D eigenvalue weighted by molar-refractivity contribution is 5.99. The maximum absolute atomic E-state index is 13.3. The van der Waals surface area contributed by atoms with Gasteiger partial charge in [0.05, 0.1) is 24.2 Å². The molecular formula is C26H28N4O4. The number of carbonyl (C=O) groups excluding carboxylic acids is 2. The van der Waals surface area contributed by atoms with E-state index >= 15 is 0 Å². The summed E-state index contributed by atoms with van der Waals surface area (Å²) in [6.07, 6.45) is 11.7. The molecule has 0 bridgehead atoms. The van der Waals surface area contributed by atoms with E-state index in [9.17, 15) is 9.59 Å². The molecule has 3 aliphatic rings. The molecule has 1 aliphatic heterocycles. The van der Waals surface area contributed by atoms with E-state index in [1.807, 2.05) is 26.0 Å². The summed E-state index contributed by atoms with van der Waals surface area (Å²) < 4.78 is 11.7. The topological polar surface area (TPSA) is 93.7 Å². The van der Waals surface area contributed by atoms with Gasteiger partial charge in [-0.25, -0.2) is 9.97 Å². The third-order valence-electron chi connectivity index (χ3n) is 7.02. The first-order chi connectivity index (χ1) is 16.4. The van der Waals surface area contributed by atoms with Crippen molar-refractivity contribution < 1.29 is 19.1 Å². The van der Waals surface area contributed by atoms with E-state index in [2.05, 4.69) is 27.4 Å². The molecule has 8 nitrogen and oxygen atoms in total. The van der Waals surface area contributed by atoms with Gasteiger partial charge in [0.25, 0.3) is 5.91 Å². The standard InChI is InChI=1S/C26H28N4O4/c1-16-23(13-27-17(2)28-16)34-15-26(18-7-5-4-6-8-18)12-20(26)25(32)29-19-9-10-21-22(11-19)33-14-24(31)30(21)3/h4-7,9-11,13,18,20H,8,12,14-15H2,1-3H3,(H,29,32)/t18?,20-,26+/m0/s1. The summed E-state index contributed by atoms with van der Waals surface area (Å²) in [5.74, 6) is 1.83. The van der Waals surface area contributed by atoms with Crippen LogP contribution in [-0.2, 0) is 9.59 Å². The molecule has 2 aliphatic carbocycles. The number of aromatic nitrogens is 2. The molecule has 176 valence electrons. The van der Waals surface area contributed by atoms with Crippen molar-refractivity contribution in [1.82, 2.24) is 9.97 Å². The van der Waals surface area contributed by atoms with Crippen LogP contribution >= 0.6 is 0 Å². The lowest BCUT2D eigenvalue weighted by molar-refractivity contribution is -0.121. The Morgan fingerprint density at radius 3 is 2.94 bits per heavy atom. The quantitative estimate of drug-likeness (QED) is 0.708. The van der Waals surface area contributed by atoms with Gasteiger partial charge in [0.15, 0.2) is 12.4 Å². The second kappa shape index (κ2) is 8.59. The SMILES string of the molecule is Cc1ncc(OC[C@@]2(C3C=CC=CC3)C[C@H]2C(=O)Nc2ccc3c(c2)OCC(=O)N3C)c(C)n1. The molecule has 1 aromatic heterocycles. The molecule has 1 N–H and O–H groups in total. The number of ether oxygens (including phenoxy) is 2. The third kappa shape index (κ3) is 4.04. The van der Waals surface area contributed by atoms with E-state index in [1.54, 1.807) is 36.3 Å². The maximum atomic E-state index is 13.3. The fourth-order valence-corrected chi connectivity index (χ4v) is 4.87. The molecule has 0 radical (unpaired) electrons. The highest BCUT2D eigenvalue weighted by atomic mass is 16.5. The van der Waals surface area contributed by atoms with Gasteiger partial charge in [-0.3, -0.25) is 9.59 Å². The lowest BCUT2D eigenvalue weighted by Gasteiger charge is -2.27. The molecule has 1 aromatic carbocycles. The molecule has 5 rings (SSSR count). The van der Waals surface area contributed by atoms with Crippen LogP contribution in [0.1, 0.15) is 24.4 Å². The fourth-order valence-electron chi connectivity index (χ4n) is 4.87. The zero-order chi connectivity index (χ0) is 23.9. The predicted molar refractivity (Wildman–Crippen MR) is 128 cm³/mol. The minimum Gasteiger partial charge on any atom is -0.489 e. The molecular weight excluding hydrogens is 432 g/mol. The number of anilines is 2. The summed E-state index contributed by atoms with van der Waals surface area (Å²) in [5.41, 5.74) is 1.84. The fraction of sp³-hybridized carbons (Fsp3) is 0.385. The highest BCUT2D eigenvalue weighted by Crippen LogP contribution is 2.60. The number of allylic oxidation sites excluding steroid dienone is 4. The Balaban J connectivity index is 1.32. The Hall–Kier alpha value is -3.68. The Morgan fingerprint density at radius 2 is 2.18 bits per heavy atom. The number of nitrogens with one attached hydrogen (secondary N) is 1. The van der Waals surface area contributed by atoms with Crippen molar-refractivity contribution in [3.63, 3.8) is 0 Å². The zero-order valence-corrected chi connectivity index (χ0v) is 19.6. The van der Waals surface area contributed by atoms with Gasteiger partial charge in [0, 0.05) is 30.1 Å². The Morgan fingerprint density at radius 1 is 1.32 bits per heavy atom. The molecule has 3 atom stereocenters. The second-order valence-corrected chi connectivity index (χ2v) is 9.21. The van der Waals surface area contributed by atoms with E-state index in [0.717, 1.165) is 18.5 Å². The van der Waals surface area contributed by atoms with Crippen LogP contribution in [0.5, 0.6) is 11.5 Å². The average Bonchev–Trinajstić information content (AvgIpc) is 3.58. The zero-order valence-electron chi connectivity index (χ0n) is 19.6. The summed E-state index contributed by atoms with van der Waals surface area (Å²) in [7, 11) is 1.72. The van der Waals surface area contributed by atoms with E-state index in [1.165, 1.54) is 0 Å². The van der Waals surface area contributed by atoms with Crippen molar-refractivity contribution >= 4 is 23.2 Å². The van der Waals surface area contributed by atoms with Crippen molar-refractivity contribution in [2.75, 3.05) is 30.5 Å². The third-order valence-corrected chi connectivity index (χ3v) is 7.02. The van der Waals surface area contributed by atoms with Crippen molar-refractivity contribution in [2.24, 2.45) is 17.3 Å². The molecule has 2 heterocycles. The second-order valence-electron chi connectivity index (χ2n) is 9.21. The van der Waals surface area contributed by atoms with Gasteiger partial charge in [-0.1, -0.05) is 24.3 Å². The minimum absolute atomic E-state index is 0.00630. The van der Waals surface area contributed by atoms with Crippen LogP contribution in [0.2, 0.25) is 0 Å². The lowest BCUT2D eigenvalue weighted by Crippen LogP contribution is -2.35.